The first kappa shape index (κ1) is 30.5. The van der Waals surface area contributed by atoms with E-state index in [-0.39, 0.29) is 11.3 Å². The number of hydrogen-bond acceptors (Lipinski definition) is 3. The van der Waals surface area contributed by atoms with Crippen LogP contribution in [0.25, 0.3) is 0 Å². The van der Waals surface area contributed by atoms with Crippen LogP contribution in [0, 0.1) is 0 Å². The average molecular weight is 569 g/mol. The normalized spacial score (nSPS) is 11.9. The monoisotopic (exact) mass is 568 g/mol. The Labute approximate surface area is 248 Å². The lowest BCUT2D eigenvalue weighted by atomic mass is 10.0. The Balaban J connectivity index is 2.25. The lowest BCUT2D eigenvalue weighted by Gasteiger charge is -2.44. The molecule has 3 nitrogen and oxygen atoms in total. The summed E-state index contributed by atoms with van der Waals surface area (Å²) in [5, 5.41) is 10.7. The first-order valence-electron chi connectivity index (χ1n) is 15.1. The Morgan fingerprint density at radius 2 is 1.02 bits per heavy atom. The maximum Gasteiger partial charge on any atom is 0.353 e. The average Bonchev–Trinajstić information content (AvgIpc) is 3.02. The highest BCUT2D eigenvalue weighted by atomic mass is 32.3. The molecule has 0 saturated heterocycles. The third-order valence-electron chi connectivity index (χ3n) is 7.92. The Bertz CT molecular complexity index is 1390. The molecule has 4 aromatic carbocycles. The molecule has 4 heteroatoms. The van der Waals surface area contributed by atoms with Crippen molar-refractivity contribution in [3.63, 3.8) is 0 Å². The summed E-state index contributed by atoms with van der Waals surface area (Å²) in [6, 6.07) is 26.3. The van der Waals surface area contributed by atoms with Crippen molar-refractivity contribution < 1.29 is 14.1 Å². The Kier molecular flexibility index (Phi) is 9.99. The van der Waals surface area contributed by atoms with Gasteiger partial charge in [0.15, 0.2) is 0 Å². The van der Waals surface area contributed by atoms with Crippen LogP contribution in [0.4, 0.5) is 0 Å². The molecule has 0 spiro atoms. The van der Waals surface area contributed by atoms with E-state index in [1.165, 1.54) is 33.4 Å². The van der Waals surface area contributed by atoms with Gasteiger partial charge in [0.2, 0.25) is 0 Å². The molecule has 0 fully saturated rings. The van der Waals surface area contributed by atoms with Crippen LogP contribution in [-0.4, -0.2) is 11.1 Å². The van der Waals surface area contributed by atoms with Crippen LogP contribution in [-0.2, 0) is 42.7 Å². The summed E-state index contributed by atoms with van der Waals surface area (Å²) < 4.78 is 7.06. The third kappa shape index (κ3) is 5.81. The molecule has 0 saturated carbocycles. The predicted octanol–water partition coefficient (Wildman–Crippen LogP) is 9.82. The van der Waals surface area contributed by atoms with Crippen molar-refractivity contribution in [2.24, 2.45) is 0 Å². The topological polar surface area (TPSA) is 46.5 Å². The molecule has 216 valence electrons. The highest BCUT2D eigenvalue weighted by molar-refractivity contribution is 8.30. The summed E-state index contributed by atoms with van der Waals surface area (Å²) in [5.41, 5.74) is 7.64. The van der Waals surface area contributed by atoms with E-state index in [1.807, 2.05) is 18.2 Å². The van der Waals surface area contributed by atoms with Crippen LogP contribution in [0.15, 0.2) is 93.5 Å². The zero-order valence-electron chi connectivity index (χ0n) is 25.4. The summed E-state index contributed by atoms with van der Waals surface area (Å²) in [6.45, 7) is 13.2. The Morgan fingerprint density at radius 3 is 1.41 bits per heavy atom. The second kappa shape index (κ2) is 13.4. The number of aromatic hydroxyl groups is 1. The number of para-hydroxylation sites is 1. The summed E-state index contributed by atoms with van der Waals surface area (Å²) in [4.78, 5) is 17.5. The molecule has 0 aliphatic rings. The standard InChI is InChI=1S/C37H44O3S/c1-7-26-22-28(9-3)35(29(10-4)23-26)41(32-18-14-13-15-19-32,40-37(39)33-20-16-17-21-34(33)38)36-30(11-5)24-27(8-2)25-31(36)12-6/h13-25,38H,7-12H2,1-6H3. The minimum absolute atomic E-state index is 0.0700. The molecule has 0 heterocycles. The smallest absolute Gasteiger partial charge is 0.353 e. The van der Waals surface area contributed by atoms with Crippen LogP contribution < -0.4 is 0 Å². The third-order valence-corrected chi connectivity index (χ3v) is 11.5. The van der Waals surface area contributed by atoms with Crippen molar-refractivity contribution in [1.29, 1.82) is 0 Å². The van der Waals surface area contributed by atoms with Gasteiger partial charge in [-0.1, -0.05) is 96.1 Å². The van der Waals surface area contributed by atoms with E-state index in [4.69, 9.17) is 4.18 Å². The fraction of sp³-hybridized carbons (Fsp3) is 0.324. The summed E-state index contributed by atoms with van der Waals surface area (Å²) in [7, 11) is -2.58. The quantitative estimate of drug-likeness (QED) is 0.196. The number of hydrogen-bond donors (Lipinski definition) is 1. The van der Waals surface area contributed by atoms with Gasteiger partial charge in [-0.2, -0.15) is 0 Å². The van der Waals surface area contributed by atoms with Crippen LogP contribution in [0.3, 0.4) is 0 Å². The molecule has 4 rings (SSSR count). The van der Waals surface area contributed by atoms with Crippen LogP contribution in [0.5, 0.6) is 5.75 Å². The van der Waals surface area contributed by atoms with Gasteiger partial charge in [-0.15, -0.1) is 0 Å². The van der Waals surface area contributed by atoms with Gasteiger partial charge >= 0.3 is 5.97 Å². The summed E-state index contributed by atoms with van der Waals surface area (Å²) >= 11 is 0. The number of benzene rings is 4. The molecule has 0 unspecified atom stereocenters. The zero-order valence-corrected chi connectivity index (χ0v) is 26.2. The first-order chi connectivity index (χ1) is 19.9. The molecule has 0 aromatic heterocycles. The minimum atomic E-state index is -2.58. The molecular formula is C37H44O3S. The van der Waals surface area contributed by atoms with E-state index in [2.05, 4.69) is 77.9 Å². The van der Waals surface area contributed by atoms with Crippen molar-refractivity contribution in [3.05, 3.63) is 118 Å². The molecule has 0 aliphatic heterocycles. The fourth-order valence-corrected chi connectivity index (χ4v) is 9.82. The molecule has 0 atom stereocenters. The lowest BCUT2D eigenvalue weighted by molar-refractivity contribution is 0.0754. The van der Waals surface area contributed by atoms with E-state index >= 15 is 0 Å². The molecular weight excluding hydrogens is 524 g/mol. The number of rotatable bonds is 11. The van der Waals surface area contributed by atoms with Gasteiger partial charge in [0.1, 0.15) is 11.3 Å². The van der Waals surface area contributed by atoms with Crippen LogP contribution >= 0.6 is 10.3 Å². The first-order valence-corrected chi connectivity index (χ1v) is 16.6. The maximum absolute atomic E-state index is 14.3. The second-order valence-corrected chi connectivity index (χ2v) is 12.9. The van der Waals surface area contributed by atoms with Gasteiger partial charge in [0, 0.05) is 14.7 Å². The minimum Gasteiger partial charge on any atom is -0.507 e. The van der Waals surface area contributed by atoms with E-state index < -0.39 is 16.3 Å². The molecule has 41 heavy (non-hydrogen) atoms. The number of phenolic OH excluding ortho intramolecular Hbond substituents is 1. The van der Waals surface area contributed by atoms with E-state index in [1.54, 1.807) is 24.3 Å². The number of carbonyl (C=O) groups excluding carboxylic acids is 1. The maximum atomic E-state index is 14.3. The molecule has 4 aromatic rings. The largest absolute Gasteiger partial charge is 0.507 e. The van der Waals surface area contributed by atoms with E-state index in [9.17, 15) is 9.90 Å². The van der Waals surface area contributed by atoms with E-state index in [0.29, 0.717) is 0 Å². The predicted molar refractivity (Wildman–Crippen MR) is 172 cm³/mol. The molecule has 1 N–H and O–H groups in total. The van der Waals surface area contributed by atoms with Gasteiger partial charge < -0.3 is 9.29 Å². The molecule has 0 bridgehead atoms. The zero-order chi connectivity index (χ0) is 29.6. The highest BCUT2D eigenvalue weighted by Crippen LogP contribution is 2.73. The molecule has 0 radical (unpaired) electrons. The summed E-state index contributed by atoms with van der Waals surface area (Å²) in [5.74, 6) is -0.575. The lowest BCUT2D eigenvalue weighted by Crippen LogP contribution is -2.20. The fourth-order valence-electron chi connectivity index (χ4n) is 5.74. The Morgan fingerprint density at radius 1 is 0.610 bits per heavy atom. The van der Waals surface area contributed by atoms with Crippen molar-refractivity contribution in [3.8, 4) is 5.75 Å². The second-order valence-electron chi connectivity index (χ2n) is 10.4. The van der Waals surface area contributed by atoms with Gasteiger partial charge in [0.25, 0.3) is 0 Å². The van der Waals surface area contributed by atoms with Crippen molar-refractivity contribution in [1.82, 2.24) is 0 Å². The molecule has 0 amide bonds. The number of carbonyl (C=O) groups is 1. The number of phenols is 1. The van der Waals surface area contributed by atoms with Gasteiger partial charge in [-0.05, 0) is 106 Å². The number of aryl methyl sites for hydroxylation is 6. The van der Waals surface area contributed by atoms with E-state index in [0.717, 1.165) is 53.2 Å². The summed E-state index contributed by atoms with van der Waals surface area (Å²) in [6.07, 6.45) is 5.17. The van der Waals surface area contributed by atoms with Gasteiger partial charge in [0.05, 0.1) is 0 Å². The van der Waals surface area contributed by atoms with Gasteiger partial charge in [-0.3, -0.25) is 0 Å². The van der Waals surface area contributed by atoms with Crippen molar-refractivity contribution >= 4 is 16.3 Å². The van der Waals surface area contributed by atoms with Crippen LogP contribution in [0.2, 0.25) is 0 Å². The van der Waals surface area contributed by atoms with Crippen molar-refractivity contribution in [2.45, 2.75) is 94.8 Å². The Hall–Kier alpha value is -3.50. The van der Waals surface area contributed by atoms with Crippen LogP contribution in [0.1, 0.15) is 85.3 Å². The van der Waals surface area contributed by atoms with Gasteiger partial charge in [-0.25, -0.2) is 4.79 Å². The SMILES string of the molecule is CCc1cc(CC)c(S(OC(=O)c2ccccc2O)(c2ccccc2)c2c(CC)cc(CC)cc2CC)c(CC)c1. The highest BCUT2D eigenvalue weighted by Gasteiger charge is 2.42. The van der Waals surface area contributed by atoms with Crippen molar-refractivity contribution in [2.75, 3.05) is 0 Å². The molecule has 0 aliphatic carbocycles.